The molecule has 30 nitrogen and oxygen atoms in total. The summed E-state index contributed by atoms with van der Waals surface area (Å²) < 4.78 is 164. The predicted octanol–water partition coefficient (Wildman–Crippen LogP) is 4.89. The molecule has 7 rings (SSSR count). The SMILES string of the molecule is C=C1[C@@H](O)C2O[C@]3(CCC(/C=C/[C@@H](C)[C@@H]4CC(C)=C[C@@]5(O[C@H](C[C@@](C)(O)C(=O)OC/C(C)=C/C=C/CCOC(=O)C/C=C\CCC(O)CC(CC(O)C(OS(=O)(=O)O)C(O)COS(=O)(=O)O)OS(=O)(=O)O)CC[C@H]5O)O4)O3)CCC2O[C@@H]1[C@@H](O)C[C@H](C)C1O[C@@]2(CCCCO2)CC[C@H]1C. The molecule has 6 fully saturated rings. The Labute approximate surface area is 580 Å². The van der Waals surface area contributed by atoms with Crippen molar-refractivity contribution in [2.45, 2.75) is 284 Å². The molecule has 6 saturated heterocycles. The van der Waals surface area contributed by atoms with Gasteiger partial charge in [0.25, 0.3) is 0 Å². The van der Waals surface area contributed by atoms with E-state index in [1.807, 2.05) is 26.0 Å². The molecule has 0 bridgehead atoms. The molecule has 10 N–H and O–H groups in total. The van der Waals surface area contributed by atoms with Crippen LogP contribution in [0.2, 0.25) is 0 Å². The van der Waals surface area contributed by atoms with Crippen molar-refractivity contribution in [3.8, 4) is 0 Å². The highest BCUT2D eigenvalue weighted by molar-refractivity contribution is 7.81. The van der Waals surface area contributed by atoms with Crippen LogP contribution < -0.4 is 0 Å². The van der Waals surface area contributed by atoms with Crippen LogP contribution in [0.25, 0.3) is 0 Å². The van der Waals surface area contributed by atoms with Gasteiger partial charge in [-0.05, 0) is 127 Å². The topological polar surface area (TPSA) is 450 Å². The van der Waals surface area contributed by atoms with Crippen LogP contribution in [0.1, 0.15) is 170 Å². The molecule has 9 unspecified atom stereocenters. The van der Waals surface area contributed by atoms with Gasteiger partial charge in [-0.2, -0.15) is 25.3 Å². The highest BCUT2D eigenvalue weighted by Gasteiger charge is 2.55. The van der Waals surface area contributed by atoms with Crippen LogP contribution >= 0.6 is 0 Å². The molecular weight excluding hydrogens is 1370 g/mol. The molecule has 99 heavy (non-hydrogen) atoms. The Morgan fingerprint density at radius 3 is 2.22 bits per heavy atom. The standard InChI is InChI=1S/C66H104O30S3/c1-40(16-10-9-14-30-85-56(72)18-12-8-11-17-46(67)34-49(95-98(79,80)81)35-51(69)60(96-99(82,83)84)52(70)39-88-97(76,77)78)38-86-62(74)63(7,75)37-48-21-22-55(71)66(91-48)36-41(2)32-54(92-66)42(3)19-20-47-24-28-65(90-47)29-25-53-61(94-65)57(73)45(6)59(89-53)50(68)33-44(5)58-43(4)23-27-64(93-58)26-13-15-31-87-64/h8-10,12,16,19-20,36,42-44,46-55,57-61,67-71,73,75H,6,11,13-15,17-18,21-35,37-39H2,1-5,7H3,(H,76,77,78)(H,79,80,81)(H,82,83,84)/b10-9+,12-8-,20-19+,40-16+/t42-,43-,44+,46?,47?,48+,49?,50+,51?,52?,53?,54+,55-,57-,58?,59+,60?,61?,63-,64+,65-,66-/m1/s1. The fraction of sp³-hybridized carbons (Fsp3) is 0.788. The Balaban J connectivity index is 0.788. The number of fused-ring (bicyclic) bond motifs is 1. The van der Waals surface area contributed by atoms with E-state index in [1.54, 1.807) is 31.2 Å². The van der Waals surface area contributed by atoms with E-state index >= 15 is 0 Å². The summed E-state index contributed by atoms with van der Waals surface area (Å²) in [5.74, 6) is -4.37. The van der Waals surface area contributed by atoms with Crippen molar-refractivity contribution in [1.29, 1.82) is 0 Å². The second kappa shape index (κ2) is 35.9. The number of carbonyl (C=O) groups excluding carboxylic acids is 2. The Morgan fingerprint density at radius 1 is 0.808 bits per heavy atom. The molecule has 0 aromatic carbocycles. The molecule has 566 valence electrons. The average Bonchev–Trinajstić information content (AvgIpc) is 1.68. The van der Waals surface area contributed by atoms with Gasteiger partial charge in [-0.3, -0.25) is 18.5 Å². The maximum Gasteiger partial charge on any atom is 0.397 e. The minimum absolute atomic E-state index is 0.00671. The first-order chi connectivity index (χ1) is 46.3. The van der Waals surface area contributed by atoms with Gasteiger partial charge in [0.05, 0.1) is 81.2 Å². The predicted molar refractivity (Wildman–Crippen MR) is 350 cm³/mol. The Bertz CT molecular complexity index is 3180. The highest BCUT2D eigenvalue weighted by Crippen LogP contribution is 2.48. The monoisotopic (exact) mass is 1470 g/mol. The maximum absolute atomic E-state index is 13.3. The molecule has 0 saturated carbocycles. The van der Waals surface area contributed by atoms with Crippen LogP contribution in [-0.2, 0) is 96.0 Å². The van der Waals surface area contributed by atoms with Crippen molar-refractivity contribution in [1.82, 2.24) is 0 Å². The lowest BCUT2D eigenvalue weighted by Gasteiger charge is -2.50. The molecule has 7 aliphatic rings. The van der Waals surface area contributed by atoms with Gasteiger partial charge in [0.1, 0.15) is 43.2 Å². The zero-order valence-corrected chi connectivity index (χ0v) is 59.5. The van der Waals surface area contributed by atoms with Gasteiger partial charge in [0, 0.05) is 50.9 Å². The van der Waals surface area contributed by atoms with E-state index in [0.29, 0.717) is 75.0 Å². The van der Waals surface area contributed by atoms with Crippen LogP contribution in [0.4, 0.5) is 0 Å². The Hall–Kier alpha value is -3.57. The van der Waals surface area contributed by atoms with E-state index in [4.69, 9.17) is 51.7 Å². The minimum atomic E-state index is -5.46. The molecule has 7 aliphatic heterocycles. The van der Waals surface area contributed by atoms with Crippen LogP contribution in [0.5, 0.6) is 0 Å². The first-order valence-electron chi connectivity index (χ1n) is 34.0. The summed E-state index contributed by atoms with van der Waals surface area (Å²) in [5, 5.41) is 77.5. The summed E-state index contributed by atoms with van der Waals surface area (Å²) in [6.07, 6.45) is 4.04. The molecule has 0 aliphatic carbocycles. The number of allylic oxidation sites excluding steroid dienone is 3. The van der Waals surface area contributed by atoms with E-state index in [9.17, 15) is 75.1 Å². The smallest absolute Gasteiger partial charge is 0.397 e. The quantitative estimate of drug-likeness (QED) is 0.0135. The Morgan fingerprint density at radius 2 is 1.53 bits per heavy atom. The number of aliphatic hydroxyl groups is 7. The number of ether oxygens (including phenoxy) is 9. The second-order valence-electron chi connectivity index (χ2n) is 28.0. The molecule has 3 spiro atoms. The number of aliphatic hydroxyl groups excluding tert-OH is 6. The van der Waals surface area contributed by atoms with E-state index < -0.39 is 165 Å². The summed E-state index contributed by atoms with van der Waals surface area (Å²) in [6.45, 7) is 14.6. The molecule has 7 heterocycles. The third-order valence-electron chi connectivity index (χ3n) is 19.3. The zero-order valence-electron chi connectivity index (χ0n) is 57.1. The lowest BCUT2D eigenvalue weighted by Crippen LogP contribution is -2.60. The van der Waals surface area contributed by atoms with Crippen molar-refractivity contribution < 1.29 is 139 Å². The van der Waals surface area contributed by atoms with Crippen LogP contribution in [0.3, 0.4) is 0 Å². The summed E-state index contributed by atoms with van der Waals surface area (Å²) in [6, 6.07) is 0. The lowest BCUT2D eigenvalue weighted by molar-refractivity contribution is -0.321. The van der Waals surface area contributed by atoms with Gasteiger partial charge in [-0.1, -0.05) is 75.5 Å². The van der Waals surface area contributed by atoms with Gasteiger partial charge in [-0.15, -0.1) is 0 Å². The second-order valence-corrected chi connectivity index (χ2v) is 31.1. The van der Waals surface area contributed by atoms with Crippen LogP contribution in [0, 0.1) is 17.8 Å². The van der Waals surface area contributed by atoms with E-state index in [0.717, 1.165) is 37.7 Å². The van der Waals surface area contributed by atoms with Crippen LogP contribution in [-0.4, -0.2) is 228 Å². The third-order valence-corrected chi connectivity index (χ3v) is 20.7. The number of hydrogen-bond donors (Lipinski definition) is 10. The molecule has 0 aromatic rings. The van der Waals surface area contributed by atoms with Gasteiger partial charge < -0.3 is 78.4 Å². The number of rotatable bonds is 34. The molecule has 0 aromatic heterocycles. The molecule has 33 heteroatoms. The summed E-state index contributed by atoms with van der Waals surface area (Å²) >= 11 is 0. The van der Waals surface area contributed by atoms with E-state index in [-0.39, 0.29) is 69.4 Å². The third kappa shape index (κ3) is 25.1. The Kier molecular flexibility index (Phi) is 30.0. The van der Waals surface area contributed by atoms with Crippen molar-refractivity contribution in [2.75, 3.05) is 26.4 Å². The van der Waals surface area contributed by atoms with E-state index in [1.165, 1.54) is 19.1 Å². The van der Waals surface area contributed by atoms with Crippen molar-refractivity contribution in [2.24, 2.45) is 17.8 Å². The number of hydrogen-bond acceptors (Lipinski definition) is 27. The minimum Gasteiger partial charge on any atom is -0.465 e. The van der Waals surface area contributed by atoms with Gasteiger partial charge in [-0.25, -0.2) is 17.3 Å². The molecule has 0 amide bonds. The average molecular weight is 1470 g/mol. The van der Waals surface area contributed by atoms with E-state index in [2.05, 4.69) is 33.0 Å². The van der Waals surface area contributed by atoms with Crippen molar-refractivity contribution >= 4 is 43.1 Å². The number of carbonyl (C=O) groups is 2. The fourth-order valence-electron chi connectivity index (χ4n) is 14.1. The molecule has 22 atom stereocenters. The summed E-state index contributed by atoms with van der Waals surface area (Å²) in [7, 11) is -15.9. The van der Waals surface area contributed by atoms with Crippen LogP contribution in [0.15, 0.2) is 71.9 Å². The van der Waals surface area contributed by atoms with Crippen molar-refractivity contribution in [3.63, 3.8) is 0 Å². The normalized spacial score (nSPS) is 33.6. The zero-order chi connectivity index (χ0) is 72.9. The fourth-order valence-corrected chi connectivity index (χ4v) is 15.4. The van der Waals surface area contributed by atoms with Gasteiger partial charge in [0.2, 0.25) is 5.79 Å². The lowest BCUT2D eigenvalue weighted by atomic mass is 9.79. The highest BCUT2D eigenvalue weighted by atomic mass is 32.3. The van der Waals surface area contributed by atoms with Crippen molar-refractivity contribution in [3.05, 3.63) is 71.9 Å². The summed E-state index contributed by atoms with van der Waals surface area (Å²) in [5.41, 5.74) is -0.0379. The molecule has 0 radical (unpaired) electrons. The van der Waals surface area contributed by atoms with Gasteiger partial charge >= 0.3 is 43.1 Å². The number of esters is 2. The first kappa shape index (κ1) is 82.7. The maximum atomic E-state index is 13.3. The summed E-state index contributed by atoms with van der Waals surface area (Å²) in [4.78, 5) is 25.7. The molecular formula is C66H104O30S3. The largest absolute Gasteiger partial charge is 0.465 e. The van der Waals surface area contributed by atoms with Gasteiger partial charge in [0.15, 0.2) is 17.2 Å². The first-order valence-corrected chi connectivity index (χ1v) is 38.1.